The lowest BCUT2D eigenvalue weighted by atomic mass is 10.1. The highest BCUT2D eigenvalue weighted by atomic mass is 32.1. The fourth-order valence-corrected chi connectivity index (χ4v) is 2.96. The molecule has 2 rings (SSSR count). The Bertz CT molecular complexity index is 277. The van der Waals surface area contributed by atoms with E-state index in [0.29, 0.717) is 6.04 Å². The molecule has 1 saturated heterocycles. The molecule has 1 atom stereocenters. The molecular weight excluding hydrogens is 194 g/mol. The summed E-state index contributed by atoms with van der Waals surface area (Å²) in [6.07, 6.45) is 5.25. The van der Waals surface area contributed by atoms with Crippen LogP contribution in [-0.2, 0) is 0 Å². The third-order valence-corrected chi connectivity index (χ3v) is 3.77. The predicted molar refractivity (Wildman–Crippen MR) is 60.1 cm³/mol. The Morgan fingerprint density at radius 2 is 2.36 bits per heavy atom. The van der Waals surface area contributed by atoms with E-state index in [4.69, 9.17) is 4.74 Å². The predicted octanol–water partition coefficient (Wildman–Crippen LogP) is 2.96. The van der Waals surface area contributed by atoms with Gasteiger partial charge in [0.05, 0.1) is 12.0 Å². The van der Waals surface area contributed by atoms with Crippen LogP contribution in [0.15, 0.2) is 11.4 Å². The first kappa shape index (κ1) is 9.99. The minimum Gasteiger partial charge on any atom is -0.496 e. The molecule has 0 aliphatic carbocycles. The number of nitrogens with one attached hydrogen (secondary N) is 1. The van der Waals surface area contributed by atoms with Crippen molar-refractivity contribution < 1.29 is 4.74 Å². The van der Waals surface area contributed by atoms with E-state index in [1.54, 1.807) is 18.4 Å². The Balaban J connectivity index is 2.11. The SMILES string of the molecule is COc1ccsc1C1CCCCCN1. The number of thiophene rings is 1. The van der Waals surface area contributed by atoms with Crippen molar-refractivity contribution in [3.05, 3.63) is 16.3 Å². The van der Waals surface area contributed by atoms with E-state index < -0.39 is 0 Å². The van der Waals surface area contributed by atoms with Gasteiger partial charge in [0.15, 0.2) is 0 Å². The van der Waals surface area contributed by atoms with Gasteiger partial charge in [0.1, 0.15) is 5.75 Å². The zero-order valence-corrected chi connectivity index (χ0v) is 9.40. The van der Waals surface area contributed by atoms with E-state index in [1.807, 2.05) is 0 Å². The van der Waals surface area contributed by atoms with Crippen LogP contribution in [0.1, 0.15) is 36.6 Å². The van der Waals surface area contributed by atoms with Crippen LogP contribution in [-0.4, -0.2) is 13.7 Å². The quantitative estimate of drug-likeness (QED) is 0.812. The van der Waals surface area contributed by atoms with Gasteiger partial charge in [-0.3, -0.25) is 0 Å². The van der Waals surface area contributed by atoms with Gasteiger partial charge >= 0.3 is 0 Å². The van der Waals surface area contributed by atoms with Gasteiger partial charge < -0.3 is 10.1 Å². The van der Waals surface area contributed by atoms with Crippen LogP contribution in [0.3, 0.4) is 0 Å². The minimum atomic E-state index is 0.521. The van der Waals surface area contributed by atoms with E-state index in [0.717, 1.165) is 12.3 Å². The maximum atomic E-state index is 5.35. The normalized spacial score (nSPS) is 23.1. The van der Waals surface area contributed by atoms with Crippen molar-refractivity contribution in [1.29, 1.82) is 0 Å². The summed E-state index contributed by atoms with van der Waals surface area (Å²) in [5, 5.41) is 5.70. The van der Waals surface area contributed by atoms with Crippen LogP contribution < -0.4 is 10.1 Å². The van der Waals surface area contributed by atoms with Crippen LogP contribution in [0.5, 0.6) is 5.75 Å². The first-order chi connectivity index (χ1) is 6.92. The molecule has 1 fully saturated rings. The van der Waals surface area contributed by atoms with E-state index >= 15 is 0 Å². The van der Waals surface area contributed by atoms with Crippen molar-refractivity contribution >= 4 is 11.3 Å². The lowest BCUT2D eigenvalue weighted by Crippen LogP contribution is -2.19. The van der Waals surface area contributed by atoms with Gasteiger partial charge in [-0.25, -0.2) is 0 Å². The van der Waals surface area contributed by atoms with E-state index in [2.05, 4.69) is 16.8 Å². The molecule has 1 unspecified atom stereocenters. The molecule has 1 aromatic rings. The summed E-state index contributed by atoms with van der Waals surface area (Å²) < 4.78 is 5.35. The van der Waals surface area contributed by atoms with Crippen molar-refractivity contribution in [3.63, 3.8) is 0 Å². The number of hydrogen-bond donors (Lipinski definition) is 1. The lowest BCUT2D eigenvalue weighted by molar-refractivity contribution is 0.402. The molecule has 0 aromatic carbocycles. The summed E-state index contributed by atoms with van der Waals surface area (Å²) in [7, 11) is 1.75. The van der Waals surface area contributed by atoms with Crippen molar-refractivity contribution in [1.82, 2.24) is 5.32 Å². The standard InChI is InChI=1S/C11H17NOS/c1-13-10-6-8-14-11(10)9-5-3-2-4-7-12-9/h6,8-9,12H,2-5,7H2,1H3. The number of rotatable bonds is 2. The first-order valence-electron chi connectivity index (χ1n) is 5.26. The number of ether oxygens (including phenoxy) is 1. The highest BCUT2D eigenvalue weighted by Crippen LogP contribution is 2.34. The highest BCUT2D eigenvalue weighted by Gasteiger charge is 2.18. The van der Waals surface area contributed by atoms with Crippen LogP contribution in [0.2, 0.25) is 0 Å². The Kier molecular flexibility index (Phi) is 3.43. The molecule has 1 aliphatic rings. The van der Waals surface area contributed by atoms with Crippen molar-refractivity contribution in [2.45, 2.75) is 31.7 Å². The molecule has 2 nitrogen and oxygen atoms in total. The molecule has 14 heavy (non-hydrogen) atoms. The third kappa shape index (κ3) is 2.10. The largest absolute Gasteiger partial charge is 0.496 e. The van der Waals surface area contributed by atoms with Gasteiger partial charge in [0, 0.05) is 6.04 Å². The maximum absolute atomic E-state index is 5.35. The lowest BCUT2D eigenvalue weighted by Gasteiger charge is -2.15. The molecule has 1 N–H and O–H groups in total. The molecule has 78 valence electrons. The van der Waals surface area contributed by atoms with E-state index in [1.165, 1.54) is 30.6 Å². The summed E-state index contributed by atoms with van der Waals surface area (Å²) in [6, 6.07) is 2.58. The molecular formula is C11H17NOS. The highest BCUT2D eigenvalue weighted by molar-refractivity contribution is 7.10. The van der Waals surface area contributed by atoms with E-state index in [-0.39, 0.29) is 0 Å². The van der Waals surface area contributed by atoms with Crippen molar-refractivity contribution in [3.8, 4) is 5.75 Å². The summed E-state index contributed by atoms with van der Waals surface area (Å²) in [4.78, 5) is 1.37. The zero-order chi connectivity index (χ0) is 9.80. The average molecular weight is 211 g/mol. The summed E-state index contributed by atoms with van der Waals surface area (Å²) in [5.41, 5.74) is 0. The van der Waals surface area contributed by atoms with Gasteiger partial charge in [0.25, 0.3) is 0 Å². The Hall–Kier alpha value is -0.540. The van der Waals surface area contributed by atoms with Crippen LogP contribution in [0, 0.1) is 0 Å². The molecule has 0 saturated carbocycles. The second-order valence-electron chi connectivity index (χ2n) is 3.71. The molecule has 2 heterocycles. The van der Waals surface area contributed by atoms with Gasteiger partial charge in [0.2, 0.25) is 0 Å². The Morgan fingerprint density at radius 3 is 3.21 bits per heavy atom. The van der Waals surface area contributed by atoms with Crippen LogP contribution in [0.4, 0.5) is 0 Å². The van der Waals surface area contributed by atoms with Crippen molar-refractivity contribution in [2.24, 2.45) is 0 Å². The fraction of sp³-hybridized carbons (Fsp3) is 0.636. The molecule has 0 radical (unpaired) electrons. The number of methoxy groups -OCH3 is 1. The topological polar surface area (TPSA) is 21.3 Å². The monoisotopic (exact) mass is 211 g/mol. The van der Waals surface area contributed by atoms with Gasteiger partial charge in [-0.1, -0.05) is 12.8 Å². The van der Waals surface area contributed by atoms with Gasteiger partial charge in [-0.2, -0.15) is 0 Å². The van der Waals surface area contributed by atoms with Crippen LogP contribution >= 0.6 is 11.3 Å². The maximum Gasteiger partial charge on any atom is 0.134 e. The average Bonchev–Trinajstić information content (AvgIpc) is 2.52. The Morgan fingerprint density at radius 1 is 1.43 bits per heavy atom. The molecule has 3 heteroatoms. The minimum absolute atomic E-state index is 0.521. The summed E-state index contributed by atoms with van der Waals surface area (Å²) >= 11 is 1.80. The van der Waals surface area contributed by atoms with Crippen molar-refractivity contribution in [2.75, 3.05) is 13.7 Å². The van der Waals surface area contributed by atoms with Crippen LogP contribution in [0.25, 0.3) is 0 Å². The molecule has 0 amide bonds. The first-order valence-corrected chi connectivity index (χ1v) is 6.14. The second-order valence-corrected chi connectivity index (χ2v) is 4.66. The Labute approximate surface area is 89.3 Å². The number of hydrogen-bond acceptors (Lipinski definition) is 3. The second kappa shape index (κ2) is 4.80. The smallest absolute Gasteiger partial charge is 0.134 e. The fourth-order valence-electron chi connectivity index (χ4n) is 1.98. The van der Waals surface area contributed by atoms with Gasteiger partial charge in [-0.15, -0.1) is 11.3 Å². The van der Waals surface area contributed by atoms with Gasteiger partial charge in [-0.05, 0) is 30.8 Å². The van der Waals surface area contributed by atoms with E-state index in [9.17, 15) is 0 Å². The molecule has 1 aliphatic heterocycles. The summed E-state index contributed by atoms with van der Waals surface area (Å²) in [5.74, 6) is 1.05. The third-order valence-electron chi connectivity index (χ3n) is 2.75. The molecule has 0 spiro atoms. The molecule has 0 bridgehead atoms. The zero-order valence-electron chi connectivity index (χ0n) is 8.58. The molecule has 1 aromatic heterocycles. The summed E-state index contributed by atoms with van der Waals surface area (Å²) in [6.45, 7) is 1.14.